The topological polar surface area (TPSA) is 49.7 Å². The summed E-state index contributed by atoms with van der Waals surface area (Å²) >= 11 is 0. The molecule has 0 amide bonds. The first-order chi connectivity index (χ1) is 11.2. The molecule has 1 aromatic carbocycles. The van der Waals surface area contributed by atoms with Gasteiger partial charge in [0.25, 0.3) is 0 Å². The number of unbranched alkanes of at least 4 members (excludes halogenated alkanes) is 7. The summed E-state index contributed by atoms with van der Waals surface area (Å²) < 4.78 is 6.05. The van der Waals surface area contributed by atoms with Crippen LogP contribution in [0.15, 0.2) is 18.2 Å². The Morgan fingerprint density at radius 2 is 1.52 bits per heavy atom. The van der Waals surface area contributed by atoms with E-state index in [0.29, 0.717) is 0 Å². The normalized spacial score (nSPS) is 12.4. The number of ether oxygens (including phenoxy) is 1. The summed E-state index contributed by atoms with van der Waals surface area (Å²) in [7, 11) is 0. The summed E-state index contributed by atoms with van der Waals surface area (Å²) in [4.78, 5) is 0. The number of aromatic hydroxyl groups is 2. The summed E-state index contributed by atoms with van der Waals surface area (Å²) in [6.45, 7) is 5.14. The van der Waals surface area contributed by atoms with Gasteiger partial charge >= 0.3 is 0 Å². The Hall–Kier alpha value is -1.22. The molecular formula is C20H34O3. The van der Waals surface area contributed by atoms with Gasteiger partial charge in [0.2, 0.25) is 0 Å². The lowest BCUT2D eigenvalue weighted by Gasteiger charge is -2.20. The van der Waals surface area contributed by atoms with Crippen LogP contribution >= 0.6 is 0 Å². The second kappa shape index (κ2) is 12.2. The summed E-state index contributed by atoms with van der Waals surface area (Å²) in [5.41, 5.74) is 0.718. The first-order valence-electron chi connectivity index (χ1n) is 9.33. The molecule has 0 saturated heterocycles. The lowest BCUT2D eigenvalue weighted by atomic mass is 10.0. The zero-order valence-electron chi connectivity index (χ0n) is 14.9. The van der Waals surface area contributed by atoms with Gasteiger partial charge in [-0.3, -0.25) is 0 Å². The van der Waals surface area contributed by atoms with Crippen molar-refractivity contribution in [2.75, 3.05) is 6.61 Å². The highest BCUT2D eigenvalue weighted by Crippen LogP contribution is 2.36. The van der Waals surface area contributed by atoms with Gasteiger partial charge in [-0.15, -0.1) is 0 Å². The van der Waals surface area contributed by atoms with E-state index in [0.717, 1.165) is 31.4 Å². The maximum absolute atomic E-state index is 10.1. The molecule has 132 valence electrons. The minimum Gasteiger partial charge on any atom is -0.504 e. The van der Waals surface area contributed by atoms with Crippen LogP contribution in [0.2, 0.25) is 0 Å². The number of benzene rings is 1. The Kier molecular flexibility index (Phi) is 10.5. The fraction of sp³-hybridized carbons (Fsp3) is 0.700. The molecule has 0 aliphatic rings. The lowest BCUT2D eigenvalue weighted by molar-refractivity contribution is 0.0404. The molecule has 2 N–H and O–H groups in total. The second-order valence-electron chi connectivity index (χ2n) is 6.34. The molecule has 0 radical (unpaired) electrons. The first-order valence-corrected chi connectivity index (χ1v) is 9.33. The van der Waals surface area contributed by atoms with Crippen molar-refractivity contribution in [1.29, 1.82) is 0 Å². The van der Waals surface area contributed by atoms with E-state index in [4.69, 9.17) is 4.74 Å². The number of rotatable bonds is 13. The summed E-state index contributed by atoms with van der Waals surface area (Å²) in [5.74, 6) is -0.0911. The van der Waals surface area contributed by atoms with Gasteiger partial charge in [-0.2, -0.15) is 0 Å². The second-order valence-corrected chi connectivity index (χ2v) is 6.34. The van der Waals surface area contributed by atoms with Crippen LogP contribution in [0.5, 0.6) is 11.5 Å². The molecule has 0 bridgehead atoms. The molecular weight excluding hydrogens is 288 g/mol. The van der Waals surface area contributed by atoms with E-state index < -0.39 is 0 Å². The Morgan fingerprint density at radius 3 is 2.22 bits per heavy atom. The van der Waals surface area contributed by atoms with Crippen LogP contribution in [0.1, 0.15) is 89.7 Å². The van der Waals surface area contributed by atoms with Crippen LogP contribution in [0.25, 0.3) is 0 Å². The molecule has 0 saturated carbocycles. The van der Waals surface area contributed by atoms with Crippen LogP contribution in [0.4, 0.5) is 0 Å². The average molecular weight is 322 g/mol. The number of hydrogen-bond acceptors (Lipinski definition) is 3. The van der Waals surface area contributed by atoms with E-state index in [1.54, 1.807) is 6.07 Å². The van der Waals surface area contributed by atoms with Crippen molar-refractivity contribution < 1.29 is 14.9 Å². The van der Waals surface area contributed by atoms with Crippen molar-refractivity contribution in [2.24, 2.45) is 0 Å². The van der Waals surface area contributed by atoms with Gasteiger partial charge in [-0.05, 0) is 18.9 Å². The van der Waals surface area contributed by atoms with Gasteiger partial charge in [-0.25, -0.2) is 0 Å². The minimum atomic E-state index is -0.120. The molecule has 1 rings (SSSR count). The smallest absolute Gasteiger partial charge is 0.163 e. The zero-order chi connectivity index (χ0) is 16.9. The third-order valence-electron chi connectivity index (χ3n) is 4.28. The molecule has 0 aliphatic heterocycles. The fourth-order valence-electron chi connectivity index (χ4n) is 2.82. The third-order valence-corrected chi connectivity index (χ3v) is 4.28. The number of para-hydroxylation sites is 1. The third kappa shape index (κ3) is 7.74. The Balaban J connectivity index is 2.53. The minimum absolute atomic E-state index is 0.0287. The highest BCUT2D eigenvalue weighted by molar-refractivity contribution is 5.45. The molecule has 3 heteroatoms. The molecule has 0 aliphatic carbocycles. The first kappa shape index (κ1) is 19.8. The van der Waals surface area contributed by atoms with Crippen LogP contribution in [-0.4, -0.2) is 16.8 Å². The molecule has 0 aromatic heterocycles. The zero-order valence-corrected chi connectivity index (χ0v) is 14.9. The maximum atomic E-state index is 10.1. The van der Waals surface area contributed by atoms with E-state index in [1.165, 1.54) is 51.0 Å². The van der Waals surface area contributed by atoms with Crippen LogP contribution in [0.3, 0.4) is 0 Å². The Bertz CT molecular complexity index is 417. The van der Waals surface area contributed by atoms with Gasteiger partial charge in [0.15, 0.2) is 11.5 Å². The lowest BCUT2D eigenvalue weighted by Crippen LogP contribution is -2.06. The molecule has 3 nitrogen and oxygen atoms in total. The van der Waals surface area contributed by atoms with Gasteiger partial charge in [-0.1, -0.05) is 77.3 Å². The van der Waals surface area contributed by atoms with E-state index in [1.807, 2.05) is 6.07 Å². The van der Waals surface area contributed by atoms with Crippen LogP contribution in [-0.2, 0) is 4.74 Å². The average Bonchev–Trinajstić information content (AvgIpc) is 2.55. The van der Waals surface area contributed by atoms with E-state index >= 15 is 0 Å². The monoisotopic (exact) mass is 322 g/mol. The quantitative estimate of drug-likeness (QED) is 0.341. The van der Waals surface area contributed by atoms with Gasteiger partial charge < -0.3 is 14.9 Å². The highest BCUT2D eigenvalue weighted by Gasteiger charge is 2.17. The van der Waals surface area contributed by atoms with Crippen molar-refractivity contribution in [3.63, 3.8) is 0 Å². The predicted octanol–water partition coefficient (Wildman–Crippen LogP) is 6.10. The molecule has 23 heavy (non-hydrogen) atoms. The highest BCUT2D eigenvalue weighted by atomic mass is 16.5. The Labute approximate surface area is 141 Å². The van der Waals surface area contributed by atoms with E-state index in [2.05, 4.69) is 13.8 Å². The molecule has 0 heterocycles. The van der Waals surface area contributed by atoms with Crippen LogP contribution in [0, 0.1) is 0 Å². The van der Waals surface area contributed by atoms with Crippen molar-refractivity contribution in [3.05, 3.63) is 23.8 Å². The molecule has 1 unspecified atom stereocenters. The Morgan fingerprint density at radius 1 is 0.870 bits per heavy atom. The number of phenolic OH excluding ortho intramolecular Hbond substituents is 2. The maximum Gasteiger partial charge on any atom is 0.163 e. The number of phenols is 2. The predicted molar refractivity (Wildman–Crippen MR) is 96.0 cm³/mol. The number of hydrogen-bond donors (Lipinski definition) is 2. The largest absolute Gasteiger partial charge is 0.504 e. The van der Waals surface area contributed by atoms with Gasteiger partial charge in [0.1, 0.15) is 0 Å². The van der Waals surface area contributed by atoms with Crippen molar-refractivity contribution >= 4 is 0 Å². The summed E-state index contributed by atoms with van der Waals surface area (Å²) in [5, 5.41) is 19.8. The van der Waals surface area contributed by atoms with Gasteiger partial charge in [0.05, 0.1) is 6.10 Å². The van der Waals surface area contributed by atoms with Crippen molar-refractivity contribution in [2.45, 2.75) is 84.2 Å². The molecule has 0 fully saturated rings. The standard InChI is InChI=1S/C20H34O3/c1-3-5-7-9-11-16-23-19(15-10-8-6-4-2)17-13-12-14-18(21)20(17)22/h12-14,19,21-22H,3-11,15-16H2,1-2H3. The molecule has 1 aromatic rings. The van der Waals surface area contributed by atoms with Crippen molar-refractivity contribution in [1.82, 2.24) is 0 Å². The summed E-state index contributed by atoms with van der Waals surface area (Å²) in [6, 6.07) is 5.14. The summed E-state index contributed by atoms with van der Waals surface area (Å²) in [6.07, 6.45) is 11.5. The fourth-order valence-corrected chi connectivity index (χ4v) is 2.82. The van der Waals surface area contributed by atoms with E-state index in [9.17, 15) is 10.2 Å². The molecule has 1 atom stereocenters. The van der Waals surface area contributed by atoms with Crippen LogP contribution < -0.4 is 0 Å². The van der Waals surface area contributed by atoms with Crippen molar-refractivity contribution in [3.8, 4) is 11.5 Å². The van der Waals surface area contributed by atoms with Gasteiger partial charge in [0, 0.05) is 12.2 Å². The molecule has 0 spiro atoms. The SMILES string of the molecule is CCCCCCCOC(CCCCCC)c1cccc(O)c1O. The van der Waals surface area contributed by atoms with E-state index in [-0.39, 0.29) is 17.6 Å².